The lowest BCUT2D eigenvalue weighted by Crippen LogP contribution is -2.14. The van der Waals surface area contributed by atoms with Crippen LogP contribution in [0.25, 0.3) is 0 Å². The number of ether oxygens (including phenoxy) is 2. The van der Waals surface area contributed by atoms with Gasteiger partial charge in [0.05, 0.1) is 12.7 Å². The number of methoxy groups -OCH3 is 2. The van der Waals surface area contributed by atoms with Crippen LogP contribution in [0.3, 0.4) is 0 Å². The lowest BCUT2D eigenvalue weighted by Gasteiger charge is -2.15. The monoisotopic (exact) mass is 236 g/mol. The van der Waals surface area contributed by atoms with Crippen molar-refractivity contribution in [3.8, 4) is 0 Å². The number of aliphatic hydroxyl groups excluding tert-OH is 1. The molecule has 1 aromatic carbocycles. The molecule has 0 radical (unpaired) electrons. The van der Waals surface area contributed by atoms with Crippen molar-refractivity contribution in [2.24, 2.45) is 0 Å². The molecule has 17 heavy (non-hydrogen) atoms. The molecule has 0 bridgehead atoms. The van der Waals surface area contributed by atoms with Crippen LogP contribution in [-0.2, 0) is 19.9 Å². The van der Waals surface area contributed by atoms with Crippen molar-refractivity contribution in [2.45, 2.75) is 24.5 Å². The van der Waals surface area contributed by atoms with E-state index in [0.29, 0.717) is 5.56 Å². The van der Waals surface area contributed by atoms with Crippen molar-refractivity contribution in [1.82, 2.24) is 0 Å². The fourth-order valence-corrected chi connectivity index (χ4v) is 1.94. The summed E-state index contributed by atoms with van der Waals surface area (Å²) in [6.45, 7) is 0. The van der Waals surface area contributed by atoms with Crippen molar-refractivity contribution in [3.05, 3.63) is 35.4 Å². The zero-order valence-electron chi connectivity index (χ0n) is 9.97. The second-order valence-corrected chi connectivity index (χ2v) is 4.25. The van der Waals surface area contributed by atoms with Crippen molar-refractivity contribution in [1.29, 1.82) is 0 Å². The van der Waals surface area contributed by atoms with E-state index in [1.807, 2.05) is 12.1 Å². The highest BCUT2D eigenvalue weighted by molar-refractivity contribution is 5.76. The van der Waals surface area contributed by atoms with Crippen LogP contribution in [0.2, 0.25) is 0 Å². The Labute approximate surface area is 100 Å². The van der Waals surface area contributed by atoms with Crippen molar-refractivity contribution in [2.75, 3.05) is 14.2 Å². The standard InChI is InChI=1S/C13H16O4/c1-16-12(15)11(14)9-3-5-10(6-4-9)13(17-2)7-8-13/h3-6,11,14H,7-8H2,1-2H3. The number of hydrogen-bond donors (Lipinski definition) is 1. The van der Waals surface area contributed by atoms with E-state index >= 15 is 0 Å². The molecule has 1 fully saturated rings. The van der Waals surface area contributed by atoms with E-state index in [1.54, 1.807) is 19.2 Å². The summed E-state index contributed by atoms with van der Waals surface area (Å²) in [5.74, 6) is -0.648. The Balaban J connectivity index is 2.16. The Morgan fingerprint density at radius 2 is 1.88 bits per heavy atom. The minimum Gasteiger partial charge on any atom is -0.467 e. The number of hydrogen-bond acceptors (Lipinski definition) is 4. The first-order valence-electron chi connectivity index (χ1n) is 5.54. The molecule has 1 aliphatic rings. The zero-order chi connectivity index (χ0) is 12.5. The molecule has 92 valence electrons. The molecular formula is C13H16O4. The highest BCUT2D eigenvalue weighted by Crippen LogP contribution is 2.48. The first kappa shape index (κ1) is 12.1. The summed E-state index contributed by atoms with van der Waals surface area (Å²) in [5, 5.41) is 9.65. The molecule has 1 aliphatic carbocycles. The summed E-state index contributed by atoms with van der Waals surface area (Å²) in [4.78, 5) is 11.2. The van der Waals surface area contributed by atoms with Crippen LogP contribution in [0.5, 0.6) is 0 Å². The largest absolute Gasteiger partial charge is 0.467 e. The SMILES string of the molecule is COC(=O)C(O)c1ccc(C2(OC)CC2)cc1. The summed E-state index contributed by atoms with van der Waals surface area (Å²) < 4.78 is 9.93. The number of carbonyl (C=O) groups excluding carboxylic acids is 1. The maximum Gasteiger partial charge on any atom is 0.339 e. The van der Waals surface area contributed by atoms with Gasteiger partial charge < -0.3 is 14.6 Å². The van der Waals surface area contributed by atoms with Crippen LogP contribution >= 0.6 is 0 Å². The number of rotatable bonds is 4. The lowest BCUT2D eigenvalue weighted by atomic mass is 10.0. The van der Waals surface area contributed by atoms with E-state index in [0.717, 1.165) is 18.4 Å². The number of aliphatic hydroxyl groups is 1. The third kappa shape index (κ3) is 2.18. The number of esters is 1. The van der Waals surface area contributed by atoms with Gasteiger partial charge in [0.15, 0.2) is 6.10 Å². The van der Waals surface area contributed by atoms with Crippen LogP contribution in [-0.4, -0.2) is 25.3 Å². The van der Waals surface area contributed by atoms with E-state index in [2.05, 4.69) is 4.74 Å². The van der Waals surface area contributed by atoms with Gasteiger partial charge in [-0.1, -0.05) is 24.3 Å². The van der Waals surface area contributed by atoms with E-state index in [4.69, 9.17) is 4.74 Å². The Morgan fingerprint density at radius 3 is 2.29 bits per heavy atom. The zero-order valence-corrected chi connectivity index (χ0v) is 9.97. The average molecular weight is 236 g/mol. The van der Waals surface area contributed by atoms with Gasteiger partial charge in [0.25, 0.3) is 0 Å². The third-order valence-electron chi connectivity index (χ3n) is 3.27. The molecular weight excluding hydrogens is 220 g/mol. The van der Waals surface area contributed by atoms with Gasteiger partial charge in [-0.2, -0.15) is 0 Å². The number of carbonyl (C=O) groups is 1. The van der Waals surface area contributed by atoms with Gasteiger partial charge in [-0.3, -0.25) is 0 Å². The molecule has 1 atom stereocenters. The highest BCUT2D eigenvalue weighted by atomic mass is 16.5. The molecule has 4 heteroatoms. The fourth-order valence-electron chi connectivity index (χ4n) is 1.94. The van der Waals surface area contributed by atoms with Gasteiger partial charge in [-0.15, -0.1) is 0 Å². The van der Waals surface area contributed by atoms with Crippen molar-refractivity contribution in [3.63, 3.8) is 0 Å². The third-order valence-corrected chi connectivity index (χ3v) is 3.27. The second-order valence-electron chi connectivity index (χ2n) is 4.25. The molecule has 2 rings (SSSR count). The molecule has 1 unspecified atom stereocenters. The van der Waals surface area contributed by atoms with Gasteiger partial charge in [0.2, 0.25) is 0 Å². The molecule has 0 aromatic heterocycles. The molecule has 0 spiro atoms. The molecule has 1 N–H and O–H groups in total. The fraction of sp³-hybridized carbons (Fsp3) is 0.462. The van der Waals surface area contributed by atoms with E-state index in [9.17, 15) is 9.90 Å². The Hall–Kier alpha value is -1.39. The van der Waals surface area contributed by atoms with Crippen LogP contribution in [0, 0.1) is 0 Å². The molecule has 0 saturated heterocycles. The Kier molecular flexibility index (Phi) is 3.17. The highest BCUT2D eigenvalue weighted by Gasteiger charge is 2.44. The summed E-state index contributed by atoms with van der Waals surface area (Å²) in [6, 6.07) is 7.24. The molecule has 4 nitrogen and oxygen atoms in total. The molecule has 0 amide bonds. The average Bonchev–Trinajstić information content (AvgIpc) is 3.18. The Morgan fingerprint density at radius 1 is 1.29 bits per heavy atom. The summed E-state index contributed by atoms with van der Waals surface area (Å²) in [6.07, 6.45) is 0.817. The van der Waals surface area contributed by atoms with Gasteiger partial charge in [0, 0.05) is 7.11 Å². The maximum absolute atomic E-state index is 11.2. The first-order valence-corrected chi connectivity index (χ1v) is 5.54. The van der Waals surface area contributed by atoms with Gasteiger partial charge >= 0.3 is 5.97 Å². The summed E-state index contributed by atoms with van der Waals surface area (Å²) in [5.41, 5.74) is 1.47. The maximum atomic E-state index is 11.2. The van der Waals surface area contributed by atoms with Crippen molar-refractivity contribution >= 4 is 5.97 Å². The van der Waals surface area contributed by atoms with Crippen molar-refractivity contribution < 1.29 is 19.4 Å². The van der Waals surface area contributed by atoms with Crippen LogP contribution in [0.1, 0.15) is 30.1 Å². The minimum absolute atomic E-state index is 0.144. The van der Waals surface area contributed by atoms with Gasteiger partial charge in [-0.05, 0) is 24.0 Å². The quantitative estimate of drug-likeness (QED) is 0.805. The summed E-state index contributed by atoms with van der Waals surface area (Å²) >= 11 is 0. The van der Waals surface area contributed by atoms with Gasteiger partial charge in [-0.25, -0.2) is 4.79 Å². The van der Waals surface area contributed by atoms with E-state index in [-0.39, 0.29) is 5.60 Å². The molecule has 0 aliphatic heterocycles. The minimum atomic E-state index is -1.22. The van der Waals surface area contributed by atoms with Crippen LogP contribution in [0.15, 0.2) is 24.3 Å². The normalized spacial score (nSPS) is 18.5. The van der Waals surface area contributed by atoms with E-state index in [1.165, 1.54) is 7.11 Å². The molecule has 0 heterocycles. The van der Waals surface area contributed by atoms with Crippen LogP contribution in [0.4, 0.5) is 0 Å². The smallest absolute Gasteiger partial charge is 0.339 e. The molecule has 1 saturated carbocycles. The van der Waals surface area contributed by atoms with Gasteiger partial charge in [0.1, 0.15) is 0 Å². The van der Waals surface area contributed by atoms with Crippen LogP contribution < -0.4 is 0 Å². The molecule has 1 aromatic rings. The topological polar surface area (TPSA) is 55.8 Å². The lowest BCUT2D eigenvalue weighted by molar-refractivity contribution is -0.150. The second kappa shape index (κ2) is 4.47. The Bertz CT molecular complexity index is 406. The predicted molar refractivity (Wildman–Crippen MR) is 61.3 cm³/mol. The van der Waals surface area contributed by atoms with E-state index < -0.39 is 12.1 Å². The summed E-state index contributed by atoms with van der Waals surface area (Å²) in [7, 11) is 2.95. The first-order chi connectivity index (χ1) is 8.13. The number of benzene rings is 1. The predicted octanol–water partition coefficient (Wildman–Crippen LogP) is 1.53.